The monoisotopic (exact) mass is 485 g/mol. The van der Waals surface area contributed by atoms with Gasteiger partial charge in [0.15, 0.2) is 11.2 Å². The van der Waals surface area contributed by atoms with Crippen molar-refractivity contribution in [2.24, 2.45) is 0 Å². The van der Waals surface area contributed by atoms with Crippen molar-refractivity contribution in [1.82, 2.24) is 24.0 Å². The second-order valence-corrected chi connectivity index (χ2v) is 9.30. The number of phenolic OH excluding ortho intramolecular Hbond substituents is 1. The predicted octanol–water partition coefficient (Wildman–Crippen LogP) is 3.73. The lowest BCUT2D eigenvalue weighted by molar-refractivity contribution is 0.282. The Hall–Kier alpha value is -3.91. The van der Waals surface area contributed by atoms with E-state index in [2.05, 4.69) is 22.9 Å². The van der Waals surface area contributed by atoms with Crippen LogP contribution >= 0.6 is 0 Å². The number of benzene rings is 2. The van der Waals surface area contributed by atoms with Crippen molar-refractivity contribution in [3.05, 3.63) is 98.5 Å². The number of imidazole rings is 1. The number of H-pyrrole nitrogens is 1. The molecule has 5 rings (SSSR count). The lowest BCUT2D eigenvalue weighted by Gasteiger charge is -2.26. The maximum absolute atomic E-state index is 12.9. The summed E-state index contributed by atoms with van der Waals surface area (Å²) in [4.78, 5) is 35.4. The van der Waals surface area contributed by atoms with E-state index in [4.69, 9.17) is 4.98 Å². The zero-order valence-electron chi connectivity index (χ0n) is 20.5. The van der Waals surface area contributed by atoms with Gasteiger partial charge < -0.3 is 9.67 Å². The summed E-state index contributed by atoms with van der Waals surface area (Å²) in [6, 6.07) is 17.0. The Kier molecular flexibility index (Phi) is 6.86. The first kappa shape index (κ1) is 23.8. The molecule has 0 radical (unpaired) electrons. The van der Waals surface area contributed by atoms with Crippen LogP contribution in [0.5, 0.6) is 5.75 Å². The molecule has 0 fully saturated rings. The molecule has 2 aromatic heterocycles. The van der Waals surface area contributed by atoms with Gasteiger partial charge in [0.1, 0.15) is 11.6 Å². The highest BCUT2D eigenvalue weighted by atomic mass is 16.3. The van der Waals surface area contributed by atoms with Crippen LogP contribution in [-0.2, 0) is 19.6 Å². The summed E-state index contributed by atoms with van der Waals surface area (Å²) in [6.45, 7) is 5.36. The first-order chi connectivity index (χ1) is 17.5. The average molecular weight is 486 g/mol. The van der Waals surface area contributed by atoms with Crippen LogP contribution in [0.25, 0.3) is 16.7 Å². The molecule has 4 aromatic rings. The van der Waals surface area contributed by atoms with Gasteiger partial charge in [-0.15, -0.1) is 0 Å². The van der Waals surface area contributed by atoms with Crippen LogP contribution in [0.1, 0.15) is 43.1 Å². The van der Waals surface area contributed by atoms with Crippen LogP contribution in [0.15, 0.2) is 70.3 Å². The summed E-state index contributed by atoms with van der Waals surface area (Å²) in [7, 11) is 0. The number of nitrogens with zero attached hydrogens (tertiary/aromatic N) is 4. The Labute approximate surface area is 209 Å². The second kappa shape index (κ2) is 10.4. The van der Waals surface area contributed by atoms with Gasteiger partial charge in [-0.2, -0.15) is 0 Å². The van der Waals surface area contributed by atoms with E-state index in [1.807, 2.05) is 47.0 Å². The van der Waals surface area contributed by atoms with Crippen molar-refractivity contribution in [2.75, 3.05) is 13.1 Å². The number of aryl methyl sites for hydroxylation is 1. The number of phenols is 1. The number of nitrogens with one attached hydrogen (secondary N) is 1. The number of rotatable bonds is 8. The number of aromatic hydroxyl groups is 1. The van der Waals surface area contributed by atoms with Gasteiger partial charge in [0.25, 0.3) is 5.56 Å². The van der Waals surface area contributed by atoms with Crippen LogP contribution in [0.3, 0.4) is 0 Å². The van der Waals surface area contributed by atoms with Gasteiger partial charge in [0.05, 0.1) is 13.1 Å². The van der Waals surface area contributed by atoms with E-state index >= 15 is 0 Å². The Balaban J connectivity index is 1.48. The standard InChI is InChI=1S/C28H31N5O3/c1-2-3-15-32-24(19-31-16-13-22(14-17-31)21-9-11-23(34)12-10-21)29-26-25(32)27(35)30-28(36)33(26)18-20-7-5-4-6-8-20/h4-13,34H,2-3,14-19H2,1H3,(H,30,35,36). The number of hydrogen-bond donors (Lipinski definition) is 2. The molecule has 8 nitrogen and oxygen atoms in total. The molecule has 2 aromatic carbocycles. The summed E-state index contributed by atoms with van der Waals surface area (Å²) >= 11 is 0. The summed E-state index contributed by atoms with van der Waals surface area (Å²) in [5, 5.41) is 9.56. The fraction of sp³-hybridized carbons (Fsp3) is 0.321. The molecule has 1 aliphatic heterocycles. The van der Waals surface area contributed by atoms with E-state index in [1.165, 1.54) is 5.57 Å². The topological polar surface area (TPSA) is 96.2 Å². The molecule has 0 saturated carbocycles. The molecule has 0 aliphatic carbocycles. The predicted molar refractivity (Wildman–Crippen MR) is 141 cm³/mol. The maximum Gasteiger partial charge on any atom is 0.330 e. The van der Waals surface area contributed by atoms with Gasteiger partial charge in [0.2, 0.25) is 0 Å². The summed E-state index contributed by atoms with van der Waals surface area (Å²) < 4.78 is 3.56. The number of unbranched alkanes of at least 4 members (excludes halogenated alkanes) is 1. The van der Waals surface area contributed by atoms with Crippen LogP contribution in [-0.4, -0.2) is 42.2 Å². The number of aromatic nitrogens is 4. The smallest absolute Gasteiger partial charge is 0.330 e. The third kappa shape index (κ3) is 4.90. The first-order valence-corrected chi connectivity index (χ1v) is 12.5. The molecule has 0 amide bonds. The molecular weight excluding hydrogens is 454 g/mol. The molecule has 0 atom stereocenters. The van der Waals surface area contributed by atoms with E-state index in [0.29, 0.717) is 30.8 Å². The van der Waals surface area contributed by atoms with E-state index < -0.39 is 5.69 Å². The van der Waals surface area contributed by atoms with Crippen molar-refractivity contribution in [2.45, 2.75) is 45.8 Å². The van der Waals surface area contributed by atoms with Gasteiger partial charge in [-0.05, 0) is 41.7 Å². The Morgan fingerprint density at radius 1 is 1.00 bits per heavy atom. The van der Waals surface area contributed by atoms with Crippen LogP contribution < -0.4 is 11.2 Å². The molecule has 2 N–H and O–H groups in total. The van der Waals surface area contributed by atoms with Crippen LogP contribution in [0, 0.1) is 0 Å². The van der Waals surface area contributed by atoms with Crippen molar-refractivity contribution >= 4 is 16.7 Å². The van der Waals surface area contributed by atoms with Gasteiger partial charge in [-0.1, -0.05) is 61.9 Å². The minimum atomic E-state index is -0.442. The SMILES string of the molecule is CCCCn1c(CN2CC=C(c3ccc(O)cc3)CC2)nc2c1c(=O)[nH]c(=O)n2Cc1ccccc1. The van der Waals surface area contributed by atoms with Gasteiger partial charge in [-0.3, -0.25) is 19.2 Å². The summed E-state index contributed by atoms with van der Waals surface area (Å²) in [5.41, 5.74) is 3.44. The first-order valence-electron chi connectivity index (χ1n) is 12.5. The van der Waals surface area contributed by atoms with Crippen LogP contribution in [0.2, 0.25) is 0 Å². The number of hydrogen-bond acceptors (Lipinski definition) is 5. The minimum Gasteiger partial charge on any atom is -0.508 e. The van der Waals surface area contributed by atoms with Crippen molar-refractivity contribution in [3.63, 3.8) is 0 Å². The largest absolute Gasteiger partial charge is 0.508 e. The molecule has 0 saturated heterocycles. The normalized spacial score (nSPS) is 14.3. The van der Waals surface area contributed by atoms with Crippen molar-refractivity contribution < 1.29 is 5.11 Å². The Morgan fingerprint density at radius 2 is 1.78 bits per heavy atom. The van der Waals surface area contributed by atoms with Gasteiger partial charge in [-0.25, -0.2) is 9.78 Å². The lowest BCUT2D eigenvalue weighted by Crippen LogP contribution is -2.31. The fourth-order valence-corrected chi connectivity index (χ4v) is 4.80. The maximum atomic E-state index is 12.9. The van der Waals surface area contributed by atoms with E-state index in [9.17, 15) is 14.7 Å². The fourth-order valence-electron chi connectivity index (χ4n) is 4.80. The molecule has 1 aliphatic rings. The number of aromatic amines is 1. The van der Waals surface area contributed by atoms with Crippen molar-refractivity contribution in [1.29, 1.82) is 0 Å². The molecular formula is C28H31N5O3. The Morgan fingerprint density at radius 3 is 2.47 bits per heavy atom. The third-order valence-electron chi connectivity index (χ3n) is 6.78. The quantitative estimate of drug-likeness (QED) is 0.397. The van der Waals surface area contributed by atoms with Gasteiger partial charge >= 0.3 is 5.69 Å². The highest BCUT2D eigenvalue weighted by Gasteiger charge is 2.21. The average Bonchev–Trinajstić information content (AvgIpc) is 3.25. The molecule has 36 heavy (non-hydrogen) atoms. The Bertz CT molecular complexity index is 1500. The second-order valence-electron chi connectivity index (χ2n) is 9.30. The minimum absolute atomic E-state index is 0.267. The molecule has 0 bridgehead atoms. The summed E-state index contributed by atoms with van der Waals surface area (Å²) in [6.07, 6.45) is 5.01. The summed E-state index contributed by atoms with van der Waals surface area (Å²) in [5.74, 6) is 1.07. The molecule has 8 heteroatoms. The highest BCUT2D eigenvalue weighted by Crippen LogP contribution is 2.25. The number of fused-ring (bicyclic) bond motifs is 1. The molecule has 0 unspecified atom stereocenters. The van der Waals surface area contributed by atoms with E-state index in [-0.39, 0.29) is 11.3 Å². The van der Waals surface area contributed by atoms with E-state index in [1.54, 1.807) is 16.7 Å². The van der Waals surface area contributed by atoms with Crippen LogP contribution in [0.4, 0.5) is 0 Å². The molecule has 186 valence electrons. The third-order valence-corrected chi connectivity index (χ3v) is 6.78. The van der Waals surface area contributed by atoms with Gasteiger partial charge in [0, 0.05) is 19.6 Å². The lowest BCUT2D eigenvalue weighted by atomic mass is 9.99. The highest BCUT2D eigenvalue weighted by molar-refractivity contribution is 5.71. The van der Waals surface area contributed by atoms with E-state index in [0.717, 1.165) is 49.3 Å². The zero-order valence-corrected chi connectivity index (χ0v) is 20.5. The van der Waals surface area contributed by atoms with Crippen molar-refractivity contribution in [3.8, 4) is 5.75 Å². The molecule has 3 heterocycles. The zero-order chi connectivity index (χ0) is 25.1. The molecule has 0 spiro atoms.